The normalized spacial score (nSPS) is 12.4. The van der Waals surface area contributed by atoms with Gasteiger partial charge in [0.2, 0.25) is 0 Å². The molecule has 0 radical (unpaired) electrons. The van der Waals surface area contributed by atoms with Gasteiger partial charge in [0.25, 0.3) is 0 Å². The predicted octanol–water partition coefficient (Wildman–Crippen LogP) is 4.18. The van der Waals surface area contributed by atoms with Crippen molar-refractivity contribution in [1.82, 2.24) is 10.3 Å². The smallest absolute Gasteiger partial charge is 0.137 e. The average Bonchev–Trinajstić information content (AvgIpc) is 2.44. The molecule has 1 heterocycles. The molecular weight excluding hydrogens is 319 g/mol. The molecule has 0 saturated heterocycles. The summed E-state index contributed by atoms with van der Waals surface area (Å²) in [5.41, 5.74) is 3.32. The van der Waals surface area contributed by atoms with E-state index in [9.17, 15) is 4.39 Å². The summed E-state index contributed by atoms with van der Waals surface area (Å²) in [5.74, 6) is -0.218. The Morgan fingerprint density at radius 2 is 2.15 bits per heavy atom. The Kier molecular flexibility index (Phi) is 5.26. The van der Waals surface area contributed by atoms with E-state index >= 15 is 0 Å². The van der Waals surface area contributed by atoms with Crippen LogP contribution in [0.15, 0.2) is 41.1 Å². The Morgan fingerprint density at radius 3 is 2.85 bits per heavy atom. The molecule has 1 atom stereocenters. The van der Waals surface area contributed by atoms with Gasteiger partial charge < -0.3 is 5.32 Å². The van der Waals surface area contributed by atoms with Crippen LogP contribution in [-0.4, -0.2) is 11.5 Å². The summed E-state index contributed by atoms with van der Waals surface area (Å²) in [6, 6.07) is 7.34. The van der Waals surface area contributed by atoms with Crippen LogP contribution in [0.4, 0.5) is 4.39 Å². The van der Waals surface area contributed by atoms with Crippen molar-refractivity contribution in [3.63, 3.8) is 0 Å². The van der Waals surface area contributed by atoms with Crippen LogP contribution in [0.1, 0.15) is 29.7 Å². The number of pyridine rings is 1. The van der Waals surface area contributed by atoms with Crippen LogP contribution >= 0.6 is 15.9 Å². The van der Waals surface area contributed by atoms with E-state index < -0.39 is 0 Å². The number of nitrogens with one attached hydrogen (secondary N) is 1. The highest BCUT2D eigenvalue weighted by molar-refractivity contribution is 9.10. The van der Waals surface area contributed by atoms with E-state index in [-0.39, 0.29) is 11.9 Å². The van der Waals surface area contributed by atoms with Gasteiger partial charge in [-0.1, -0.05) is 19.1 Å². The number of rotatable bonds is 5. The quantitative estimate of drug-likeness (QED) is 0.885. The summed E-state index contributed by atoms with van der Waals surface area (Å²) in [6.07, 6.45) is 4.39. The topological polar surface area (TPSA) is 24.9 Å². The molecule has 0 aliphatic rings. The van der Waals surface area contributed by atoms with Crippen LogP contribution in [0.25, 0.3) is 0 Å². The van der Waals surface area contributed by atoms with Crippen molar-refractivity contribution >= 4 is 15.9 Å². The van der Waals surface area contributed by atoms with Crippen molar-refractivity contribution in [2.45, 2.75) is 26.3 Å². The Hall–Kier alpha value is -1.26. The number of hydrogen-bond donors (Lipinski definition) is 1. The van der Waals surface area contributed by atoms with E-state index in [1.165, 1.54) is 11.6 Å². The van der Waals surface area contributed by atoms with Gasteiger partial charge in [-0.05, 0) is 64.6 Å². The highest BCUT2D eigenvalue weighted by atomic mass is 79.9. The van der Waals surface area contributed by atoms with E-state index in [0.717, 1.165) is 24.1 Å². The van der Waals surface area contributed by atoms with E-state index in [2.05, 4.69) is 33.2 Å². The average molecular weight is 337 g/mol. The van der Waals surface area contributed by atoms with Crippen LogP contribution in [0.2, 0.25) is 0 Å². The lowest BCUT2D eigenvalue weighted by molar-refractivity contribution is 0.542. The maximum atomic E-state index is 13.6. The minimum atomic E-state index is -0.218. The standard InChI is InChI=1S/C16H18BrFN2/c1-3-20-15(13-7-8-19-10-11(13)2)9-12-5-4-6-14(18)16(12)17/h4-8,10,15,20H,3,9H2,1-2H3. The second-order valence-corrected chi connectivity index (χ2v) is 5.55. The van der Waals surface area contributed by atoms with Crippen LogP contribution in [0, 0.1) is 12.7 Å². The van der Waals surface area contributed by atoms with E-state index in [0.29, 0.717) is 4.47 Å². The summed E-state index contributed by atoms with van der Waals surface area (Å²) < 4.78 is 14.2. The van der Waals surface area contributed by atoms with E-state index in [1.807, 2.05) is 25.3 Å². The molecule has 1 aromatic heterocycles. The van der Waals surface area contributed by atoms with Gasteiger partial charge in [-0.25, -0.2) is 4.39 Å². The Bertz CT molecular complexity index is 586. The largest absolute Gasteiger partial charge is 0.310 e. The SMILES string of the molecule is CCNC(Cc1cccc(F)c1Br)c1ccncc1C. The zero-order valence-corrected chi connectivity index (χ0v) is 13.2. The van der Waals surface area contributed by atoms with Crippen LogP contribution in [0.5, 0.6) is 0 Å². The number of nitrogens with zero attached hydrogens (tertiary/aromatic N) is 1. The lowest BCUT2D eigenvalue weighted by Gasteiger charge is -2.21. The minimum Gasteiger partial charge on any atom is -0.310 e. The maximum absolute atomic E-state index is 13.6. The summed E-state index contributed by atoms with van der Waals surface area (Å²) in [4.78, 5) is 4.13. The lowest BCUT2D eigenvalue weighted by atomic mass is 9.96. The van der Waals surface area contributed by atoms with Crippen molar-refractivity contribution in [3.8, 4) is 0 Å². The lowest BCUT2D eigenvalue weighted by Crippen LogP contribution is -2.24. The molecule has 20 heavy (non-hydrogen) atoms. The number of aryl methyl sites for hydroxylation is 1. The second kappa shape index (κ2) is 6.95. The van der Waals surface area contributed by atoms with Crippen molar-refractivity contribution < 1.29 is 4.39 Å². The molecule has 2 rings (SSSR count). The molecule has 0 amide bonds. The molecule has 0 spiro atoms. The van der Waals surface area contributed by atoms with Crippen molar-refractivity contribution in [2.75, 3.05) is 6.54 Å². The van der Waals surface area contributed by atoms with Gasteiger partial charge in [-0.2, -0.15) is 0 Å². The van der Waals surface area contributed by atoms with Gasteiger partial charge in [-0.3, -0.25) is 4.98 Å². The molecule has 0 bridgehead atoms. The van der Waals surface area contributed by atoms with Gasteiger partial charge in [0.1, 0.15) is 5.82 Å². The Balaban J connectivity index is 2.31. The van der Waals surface area contributed by atoms with Crippen molar-refractivity contribution in [3.05, 3.63) is 63.6 Å². The van der Waals surface area contributed by atoms with Crippen molar-refractivity contribution in [1.29, 1.82) is 0 Å². The summed E-state index contributed by atoms with van der Waals surface area (Å²) in [7, 11) is 0. The molecule has 0 saturated carbocycles. The van der Waals surface area contributed by atoms with Crippen molar-refractivity contribution in [2.24, 2.45) is 0 Å². The fraction of sp³-hybridized carbons (Fsp3) is 0.312. The second-order valence-electron chi connectivity index (χ2n) is 4.76. The molecule has 0 fully saturated rings. The first-order chi connectivity index (χ1) is 9.63. The van der Waals surface area contributed by atoms with Gasteiger partial charge in [0.05, 0.1) is 4.47 Å². The third kappa shape index (κ3) is 3.44. The molecule has 2 aromatic rings. The molecule has 0 aliphatic heterocycles. The highest BCUT2D eigenvalue weighted by Gasteiger charge is 2.16. The van der Waals surface area contributed by atoms with Crippen LogP contribution in [-0.2, 0) is 6.42 Å². The van der Waals surface area contributed by atoms with E-state index in [1.54, 1.807) is 12.3 Å². The van der Waals surface area contributed by atoms with Gasteiger partial charge >= 0.3 is 0 Å². The molecule has 106 valence electrons. The first-order valence-corrected chi connectivity index (χ1v) is 7.49. The number of halogens is 2. The molecule has 1 N–H and O–H groups in total. The number of benzene rings is 1. The first kappa shape index (κ1) is 15.1. The fourth-order valence-electron chi connectivity index (χ4n) is 2.34. The number of likely N-dealkylation sites (N-methyl/N-ethyl adjacent to an activating group) is 1. The van der Waals surface area contributed by atoms with Crippen LogP contribution in [0.3, 0.4) is 0 Å². The molecule has 1 unspecified atom stereocenters. The summed E-state index contributed by atoms with van der Waals surface area (Å²) in [5, 5.41) is 3.46. The summed E-state index contributed by atoms with van der Waals surface area (Å²) >= 11 is 3.34. The van der Waals surface area contributed by atoms with E-state index in [4.69, 9.17) is 0 Å². The third-order valence-corrected chi connectivity index (χ3v) is 4.23. The molecule has 0 aliphatic carbocycles. The zero-order chi connectivity index (χ0) is 14.5. The molecule has 2 nitrogen and oxygen atoms in total. The van der Waals surface area contributed by atoms with Crippen LogP contribution < -0.4 is 5.32 Å². The Morgan fingerprint density at radius 1 is 1.35 bits per heavy atom. The zero-order valence-electron chi connectivity index (χ0n) is 11.7. The number of aromatic nitrogens is 1. The summed E-state index contributed by atoms with van der Waals surface area (Å²) in [6.45, 7) is 4.98. The molecular formula is C16H18BrFN2. The first-order valence-electron chi connectivity index (χ1n) is 6.70. The minimum absolute atomic E-state index is 0.154. The third-order valence-electron chi connectivity index (χ3n) is 3.35. The molecule has 4 heteroatoms. The maximum Gasteiger partial charge on any atom is 0.137 e. The predicted molar refractivity (Wildman–Crippen MR) is 83.2 cm³/mol. The van der Waals surface area contributed by atoms with Gasteiger partial charge in [0.15, 0.2) is 0 Å². The highest BCUT2D eigenvalue weighted by Crippen LogP contribution is 2.27. The fourth-order valence-corrected chi connectivity index (χ4v) is 2.77. The molecule has 1 aromatic carbocycles. The van der Waals surface area contributed by atoms with Gasteiger partial charge in [0, 0.05) is 18.4 Å². The number of hydrogen-bond acceptors (Lipinski definition) is 2. The van der Waals surface area contributed by atoms with Gasteiger partial charge in [-0.15, -0.1) is 0 Å². The Labute approximate surface area is 127 Å². The monoisotopic (exact) mass is 336 g/mol.